The number of carbonyl (C=O) groups excluding carboxylic acids is 1. The van der Waals surface area contributed by atoms with Crippen molar-refractivity contribution in [2.24, 2.45) is 0 Å². The fraction of sp³-hybridized carbons (Fsp3) is 0.273. The zero-order chi connectivity index (χ0) is 21.8. The average Bonchev–Trinajstić information content (AvgIpc) is 2.81. The minimum absolute atomic E-state index is 0.141. The van der Waals surface area contributed by atoms with Crippen molar-refractivity contribution >= 4 is 23.3 Å². The maximum absolute atomic E-state index is 13.0. The number of anilines is 1. The average molecular weight is 440 g/mol. The number of nitrogen functional groups attached to an aromatic ring is 1. The maximum atomic E-state index is 13.0. The number of rotatable bonds is 5. The van der Waals surface area contributed by atoms with Gasteiger partial charge in [0.15, 0.2) is 11.5 Å². The molecule has 0 unspecified atom stereocenters. The first kappa shape index (κ1) is 20.9. The minimum Gasteiger partial charge on any atom is -0.493 e. The van der Waals surface area contributed by atoms with Crippen molar-refractivity contribution in [1.29, 1.82) is 0 Å². The van der Waals surface area contributed by atoms with Crippen LogP contribution in [0.5, 0.6) is 17.2 Å². The summed E-state index contributed by atoms with van der Waals surface area (Å²) in [6.45, 7) is 1.23. The Bertz CT molecular complexity index is 1050. The van der Waals surface area contributed by atoms with E-state index in [1.54, 1.807) is 41.3 Å². The third kappa shape index (κ3) is 4.86. The summed E-state index contributed by atoms with van der Waals surface area (Å²) in [4.78, 5) is 19.1. The van der Waals surface area contributed by atoms with E-state index < -0.39 is 0 Å². The lowest BCUT2D eigenvalue weighted by Crippen LogP contribution is -2.38. The van der Waals surface area contributed by atoms with Crippen LogP contribution in [-0.4, -0.2) is 46.2 Å². The fourth-order valence-electron chi connectivity index (χ4n) is 3.52. The number of halogens is 1. The van der Waals surface area contributed by atoms with Crippen molar-refractivity contribution in [2.45, 2.75) is 18.8 Å². The van der Waals surface area contributed by atoms with E-state index in [2.05, 4.69) is 15.2 Å². The molecule has 0 aliphatic carbocycles. The van der Waals surface area contributed by atoms with Crippen molar-refractivity contribution < 1.29 is 14.3 Å². The number of ether oxygens (including phenoxy) is 2. The van der Waals surface area contributed by atoms with Crippen LogP contribution in [0.25, 0.3) is 0 Å². The van der Waals surface area contributed by atoms with Gasteiger partial charge in [-0.1, -0.05) is 11.6 Å². The molecule has 0 atom stereocenters. The topological polar surface area (TPSA) is 103 Å². The van der Waals surface area contributed by atoms with Gasteiger partial charge in [-0.2, -0.15) is 5.10 Å². The summed E-state index contributed by atoms with van der Waals surface area (Å²) in [5, 5.41) is 8.71. The van der Waals surface area contributed by atoms with Crippen molar-refractivity contribution in [1.82, 2.24) is 20.1 Å². The summed E-state index contributed by atoms with van der Waals surface area (Å²) in [6.07, 6.45) is 3.11. The lowest BCUT2D eigenvalue weighted by Gasteiger charge is -2.31. The monoisotopic (exact) mass is 439 g/mol. The number of hydrogen-bond acceptors (Lipinski definition) is 7. The van der Waals surface area contributed by atoms with E-state index in [4.69, 9.17) is 26.8 Å². The van der Waals surface area contributed by atoms with Crippen molar-refractivity contribution in [2.75, 3.05) is 25.9 Å². The molecule has 9 heteroatoms. The van der Waals surface area contributed by atoms with Gasteiger partial charge >= 0.3 is 0 Å². The first-order chi connectivity index (χ1) is 15.0. The highest BCUT2D eigenvalue weighted by Gasteiger charge is 2.27. The summed E-state index contributed by atoms with van der Waals surface area (Å²) < 4.78 is 11.2. The van der Waals surface area contributed by atoms with E-state index in [9.17, 15) is 4.79 Å². The van der Waals surface area contributed by atoms with Gasteiger partial charge in [0, 0.05) is 30.1 Å². The molecule has 3 aromatic rings. The van der Waals surface area contributed by atoms with Crippen LogP contribution in [0.2, 0.25) is 5.02 Å². The Morgan fingerprint density at radius 2 is 1.84 bits per heavy atom. The van der Waals surface area contributed by atoms with Crippen LogP contribution >= 0.6 is 11.6 Å². The normalized spacial score (nSPS) is 14.3. The van der Waals surface area contributed by atoms with Crippen LogP contribution in [-0.2, 0) is 0 Å². The van der Waals surface area contributed by atoms with E-state index in [1.807, 2.05) is 6.07 Å². The molecule has 1 aliphatic rings. The van der Waals surface area contributed by atoms with Crippen LogP contribution in [0.15, 0.2) is 48.7 Å². The van der Waals surface area contributed by atoms with Gasteiger partial charge in [-0.3, -0.25) is 4.79 Å². The highest BCUT2D eigenvalue weighted by molar-refractivity contribution is 6.30. The number of carbonyl (C=O) groups is 1. The molecule has 0 saturated carbocycles. The summed E-state index contributed by atoms with van der Waals surface area (Å²) >= 11 is 5.91. The molecule has 1 saturated heterocycles. The first-order valence-corrected chi connectivity index (χ1v) is 10.3. The lowest BCUT2D eigenvalue weighted by molar-refractivity contribution is 0.0705. The van der Waals surface area contributed by atoms with E-state index in [0.29, 0.717) is 46.9 Å². The molecule has 2 aromatic heterocycles. The minimum atomic E-state index is -0.141. The number of nitrogens with two attached hydrogens (primary N) is 1. The van der Waals surface area contributed by atoms with Gasteiger partial charge in [0.2, 0.25) is 0 Å². The Labute approximate surface area is 185 Å². The van der Waals surface area contributed by atoms with Crippen LogP contribution in [0.4, 0.5) is 5.82 Å². The molecule has 0 bridgehead atoms. The van der Waals surface area contributed by atoms with E-state index >= 15 is 0 Å². The molecular formula is C22H22ClN5O3. The zero-order valence-corrected chi connectivity index (χ0v) is 17.7. The standard InChI is InChI=1S/C22H22ClN5O3/c1-30-19-12-18(25-13-20(19)31-16-4-2-15(23)3-5-16)22(29)28-10-8-14(9-11-28)17-6-7-21(24)27-26-17/h2-7,12-14H,8-11H2,1H3,(H2,24,27). The number of likely N-dealkylation sites (tertiary alicyclic amines) is 1. The Morgan fingerprint density at radius 1 is 1.10 bits per heavy atom. The Morgan fingerprint density at radius 3 is 2.48 bits per heavy atom. The van der Waals surface area contributed by atoms with Gasteiger partial charge in [-0.15, -0.1) is 5.10 Å². The van der Waals surface area contributed by atoms with Crippen molar-refractivity contribution in [3.05, 3.63) is 65.1 Å². The Kier molecular flexibility index (Phi) is 6.18. The zero-order valence-electron chi connectivity index (χ0n) is 17.0. The van der Waals surface area contributed by atoms with Gasteiger partial charge in [0.05, 0.1) is 19.0 Å². The molecular weight excluding hydrogens is 418 g/mol. The molecule has 4 rings (SSSR count). The number of benzene rings is 1. The van der Waals surface area contributed by atoms with Gasteiger partial charge in [-0.25, -0.2) is 4.98 Å². The number of hydrogen-bond donors (Lipinski definition) is 1. The molecule has 1 aromatic carbocycles. The smallest absolute Gasteiger partial charge is 0.272 e. The van der Waals surface area contributed by atoms with Crippen molar-refractivity contribution in [3.8, 4) is 17.2 Å². The van der Waals surface area contributed by atoms with Crippen LogP contribution in [0, 0.1) is 0 Å². The van der Waals surface area contributed by atoms with Gasteiger partial charge in [0.25, 0.3) is 5.91 Å². The van der Waals surface area contributed by atoms with E-state index in [0.717, 1.165) is 18.5 Å². The second kappa shape index (κ2) is 9.18. The van der Waals surface area contributed by atoms with Gasteiger partial charge in [0.1, 0.15) is 17.3 Å². The van der Waals surface area contributed by atoms with Crippen molar-refractivity contribution in [3.63, 3.8) is 0 Å². The van der Waals surface area contributed by atoms with Gasteiger partial charge < -0.3 is 20.1 Å². The number of nitrogens with zero attached hydrogens (tertiary/aromatic N) is 4. The number of pyridine rings is 1. The van der Waals surface area contributed by atoms with Gasteiger partial charge in [-0.05, 0) is 49.2 Å². The Hall–Kier alpha value is -3.39. The summed E-state index contributed by atoms with van der Waals surface area (Å²) in [5.41, 5.74) is 6.83. The first-order valence-electron chi connectivity index (χ1n) is 9.89. The largest absolute Gasteiger partial charge is 0.493 e. The maximum Gasteiger partial charge on any atom is 0.272 e. The van der Waals surface area contributed by atoms with Crippen LogP contribution in [0.3, 0.4) is 0 Å². The highest BCUT2D eigenvalue weighted by Crippen LogP contribution is 2.33. The third-order valence-electron chi connectivity index (χ3n) is 5.22. The predicted octanol–water partition coefficient (Wildman–Crippen LogP) is 3.93. The third-order valence-corrected chi connectivity index (χ3v) is 5.47. The molecule has 160 valence electrons. The van der Waals surface area contributed by atoms with Crippen LogP contribution in [0.1, 0.15) is 34.9 Å². The van der Waals surface area contributed by atoms with Crippen LogP contribution < -0.4 is 15.2 Å². The summed E-state index contributed by atoms with van der Waals surface area (Å²) in [5.74, 6) is 1.96. The Balaban J connectivity index is 1.42. The molecule has 8 nitrogen and oxygen atoms in total. The molecule has 0 radical (unpaired) electrons. The SMILES string of the molecule is COc1cc(C(=O)N2CCC(c3ccc(N)nn3)CC2)ncc1Oc1ccc(Cl)cc1. The number of piperidine rings is 1. The second-order valence-corrected chi connectivity index (χ2v) is 7.66. The lowest BCUT2D eigenvalue weighted by atomic mass is 9.93. The summed E-state index contributed by atoms with van der Waals surface area (Å²) in [7, 11) is 1.53. The molecule has 1 fully saturated rings. The molecule has 2 N–H and O–H groups in total. The number of methoxy groups -OCH3 is 1. The molecule has 31 heavy (non-hydrogen) atoms. The predicted molar refractivity (Wildman–Crippen MR) is 117 cm³/mol. The van der Waals surface area contributed by atoms with E-state index in [-0.39, 0.29) is 11.8 Å². The van der Waals surface area contributed by atoms with E-state index in [1.165, 1.54) is 13.3 Å². The fourth-order valence-corrected chi connectivity index (χ4v) is 3.64. The highest BCUT2D eigenvalue weighted by atomic mass is 35.5. The molecule has 0 spiro atoms. The number of amides is 1. The summed E-state index contributed by atoms with van der Waals surface area (Å²) in [6, 6.07) is 12.2. The molecule has 3 heterocycles. The quantitative estimate of drug-likeness (QED) is 0.642. The second-order valence-electron chi connectivity index (χ2n) is 7.23. The number of aromatic nitrogens is 3. The molecule has 1 aliphatic heterocycles. The molecule has 1 amide bonds.